The summed E-state index contributed by atoms with van der Waals surface area (Å²) >= 11 is 6.32. The van der Waals surface area contributed by atoms with E-state index in [1.165, 1.54) is 12.1 Å². The highest BCUT2D eigenvalue weighted by molar-refractivity contribution is 6.36. The van der Waals surface area contributed by atoms with Crippen molar-refractivity contribution in [2.24, 2.45) is 4.99 Å². The molecule has 19 heavy (non-hydrogen) atoms. The first-order chi connectivity index (χ1) is 9.08. The lowest BCUT2D eigenvalue weighted by Gasteiger charge is -2.10. The highest BCUT2D eigenvalue weighted by Crippen LogP contribution is 2.31. The van der Waals surface area contributed by atoms with Gasteiger partial charge < -0.3 is 0 Å². The quantitative estimate of drug-likeness (QED) is 0.724. The van der Waals surface area contributed by atoms with Crippen LogP contribution < -0.4 is 0 Å². The topological polar surface area (TPSA) is 25.2 Å². The maximum Gasteiger partial charge on any atom is 0.124 e. The van der Waals surface area contributed by atoms with Gasteiger partial charge in [0.15, 0.2) is 0 Å². The highest BCUT2D eigenvalue weighted by Gasteiger charge is 2.13. The van der Waals surface area contributed by atoms with Gasteiger partial charge in [-0.3, -0.25) is 4.99 Å². The number of fused-ring (bicyclic) bond motifs is 1. The summed E-state index contributed by atoms with van der Waals surface area (Å²) in [5.41, 5.74) is 2.95. The number of hydrogen-bond acceptors (Lipinski definition) is 2. The van der Waals surface area contributed by atoms with Crippen LogP contribution in [0.4, 0.5) is 4.39 Å². The number of halogens is 2. The molecule has 1 aromatic heterocycles. The number of nitrogens with zero attached hydrogens (tertiary/aromatic N) is 2. The molecular formula is C15H14ClFN2. The van der Waals surface area contributed by atoms with Gasteiger partial charge in [0.25, 0.3) is 0 Å². The van der Waals surface area contributed by atoms with E-state index in [9.17, 15) is 4.39 Å². The van der Waals surface area contributed by atoms with Gasteiger partial charge in [0.2, 0.25) is 0 Å². The van der Waals surface area contributed by atoms with Crippen molar-refractivity contribution in [3.63, 3.8) is 0 Å². The summed E-state index contributed by atoms with van der Waals surface area (Å²) in [7, 11) is 0. The van der Waals surface area contributed by atoms with E-state index in [4.69, 9.17) is 11.6 Å². The summed E-state index contributed by atoms with van der Waals surface area (Å²) in [4.78, 5) is 8.81. The smallest absolute Gasteiger partial charge is 0.124 e. The molecule has 0 N–H and O–H groups in total. The van der Waals surface area contributed by atoms with Crippen molar-refractivity contribution in [1.29, 1.82) is 0 Å². The van der Waals surface area contributed by atoms with Crippen molar-refractivity contribution in [3.05, 3.63) is 46.4 Å². The maximum absolute atomic E-state index is 13.3. The fourth-order valence-electron chi connectivity index (χ4n) is 1.95. The first kappa shape index (κ1) is 13.7. The maximum atomic E-state index is 13.3. The van der Waals surface area contributed by atoms with Crippen LogP contribution in [-0.2, 0) is 0 Å². The largest absolute Gasteiger partial charge is 0.260 e. The SMILES string of the molecule is CC=NC(=CC)c1nc2ccc(F)cc2c(Cl)c1C. The van der Waals surface area contributed by atoms with Gasteiger partial charge in [-0.1, -0.05) is 17.7 Å². The molecule has 0 fully saturated rings. The molecule has 0 bridgehead atoms. The first-order valence-electron chi connectivity index (χ1n) is 5.99. The monoisotopic (exact) mass is 276 g/mol. The van der Waals surface area contributed by atoms with Crippen molar-refractivity contribution in [1.82, 2.24) is 4.98 Å². The molecule has 0 unspecified atom stereocenters. The van der Waals surface area contributed by atoms with Crippen LogP contribution in [0, 0.1) is 12.7 Å². The van der Waals surface area contributed by atoms with Gasteiger partial charge in [-0.15, -0.1) is 0 Å². The van der Waals surface area contributed by atoms with Crippen LogP contribution in [0.5, 0.6) is 0 Å². The number of aromatic nitrogens is 1. The predicted octanol–water partition coefficient (Wildman–Crippen LogP) is 4.79. The Hall–Kier alpha value is -1.74. The molecule has 1 heterocycles. The van der Waals surface area contributed by atoms with Gasteiger partial charge in [-0.05, 0) is 44.5 Å². The van der Waals surface area contributed by atoms with Gasteiger partial charge in [-0.25, -0.2) is 9.37 Å². The molecule has 0 aliphatic rings. The van der Waals surface area contributed by atoms with Gasteiger partial charge in [0.05, 0.1) is 21.9 Å². The lowest BCUT2D eigenvalue weighted by Crippen LogP contribution is -1.96. The van der Waals surface area contributed by atoms with Gasteiger partial charge in [0, 0.05) is 11.6 Å². The Labute approximate surface area is 116 Å². The molecule has 2 nitrogen and oxygen atoms in total. The third-order valence-electron chi connectivity index (χ3n) is 2.90. The van der Waals surface area contributed by atoms with Crippen molar-refractivity contribution in [3.8, 4) is 0 Å². The summed E-state index contributed by atoms with van der Waals surface area (Å²) in [6, 6.07) is 4.41. The average molecular weight is 277 g/mol. The molecule has 2 aromatic rings. The molecule has 1 aromatic carbocycles. The van der Waals surface area contributed by atoms with Crippen LogP contribution in [0.3, 0.4) is 0 Å². The first-order valence-corrected chi connectivity index (χ1v) is 6.37. The summed E-state index contributed by atoms with van der Waals surface area (Å²) in [5.74, 6) is -0.318. The van der Waals surface area contributed by atoms with E-state index in [-0.39, 0.29) is 5.82 Å². The molecule has 0 radical (unpaired) electrons. The van der Waals surface area contributed by atoms with Crippen molar-refractivity contribution in [2.45, 2.75) is 20.8 Å². The molecule has 2 rings (SSSR count). The number of allylic oxidation sites excluding steroid dienone is 1. The summed E-state index contributed by atoms with van der Waals surface area (Å²) in [6.45, 7) is 5.60. The standard InChI is InChI=1S/C15H14ClFN2/c1-4-12(18-5-2)15-9(3)14(16)11-8-10(17)6-7-13(11)19-15/h4-8H,1-3H3. The molecule has 0 spiro atoms. The van der Waals surface area contributed by atoms with Crippen LogP contribution in [0.2, 0.25) is 5.02 Å². The Bertz CT molecular complexity index is 690. The molecule has 0 saturated carbocycles. The van der Waals surface area contributed by atoms with Crippen LogP contribution in [0.1, 0.15) is 25.1 Å². The van der Waals surface area contributed by atoms with Crippen LogP contribution in [-0.4, -0.2) is 11.2 Å². The normalized spacial score (nSPS) is 12.6. The highest BCUT2D eigenvalue weighted by atomic mass is 35.5. The average Bonchev–Trinajstić information content (AvgIpc) is 2.41. The van der Waals surface area contributed by atoms with Gasteiger partial charge in [-0.2, -0.15) is 0 Å². The van der Waals surface area contributed by atoms with E-state index in [1.54, 1.807) is 12.3 Å². The Kier molecular flexibility index (Phi) is 3.96. The Morgan fingerprint density at radius 3 is 2.74 bits per heavy atom. The van der Waals surface area contributed by atoms with Crippen LogP contribution in [0.25, 0.3) is 16.6 Å². The number of rotatable bonds is 2. The van der Waals surface area contributed by atoms with Crippen LogP contribution >= 0.6 is 11.6 Å². The van der Waals surface area contributed by atoms with Gasteiger partial charge in [0.1, 0.15) is 5.82 Å². The molecule has 0 atom stereocenters. The fourth-order valence-corrected chi connectivity index (χ4v) is 2.19. The summed E-state index contributed by atoms with van der Waals surface area (Å²) < 4.78 is 13.3. The number of aliphatic imine (C=N–C) groups is 1. The zero-order valence-electron chi connectivity index (χ0n) is 11.0. The molecule has 0 saturated heterocycles. The second kappa shape index (κ2) is 5.49. The molecule has 0 aliphatic carbocycles. The fraction of sp³-hybridized carbons (Fsp3) is 0.200. The van der Waals surface area contributed by atoms with E-state index in [0.717, 1.165) is 17.0 Å². The minimum atomic E-state index is -0.318. The van der Waals surface area contributed by atoms with Crippen molar-refractivity contribution >= 4 is 34.4 Å². The van der Waals surface area contributed by atoms with Gasteiger partial charge >= 0.3 is 0 Å². The van der Waals surface area contributed by atoms with Crippen LogP contribution in [0.15, 0.2) is 29.3 Å². The number of benzene rings is 1. The molecule has 4 heteroatoms. The van der Waals surface area contributed by atoms with E-state index in [1.807, 2.05) is 26.8 Å². The van der Waals surface area contributed by atoms with Crippen molar-refractivity contribution < 1.29 is 4.39 Å². The Balaban J connectivity index is 2.78. The predicted molar refractivity (Wildman–Crippen MR) is 79.3 cm³/mol. The molecule has 0 aliphatic heterocycles. The minimum Gasteiger partial charge on any atom is -0.260 e. The Morgan fingerprint density at radius 2 is 2.11 bits per heavy atom. The number of pyridine rings is 1. The minimum absolute atomic E-state index is 0.318. The third kappa shape index (κ3) is 2.51. The zero-order valence-corrected chi connectivity index (χ0v) is 11.8. The van der Waals surface area contributed by atoms with E-state index in [2.05, 4.69) is 9.98 Å². The third-order valence-corrected chi connectivity index (χ3v) is 3.38. The molecule has 0 amide bonds. The second-order valence-electron chi connectivity index (χ2n) is 4.12. The molecular weight excluding hydrogens is 263 g/mol. The lowest BCUT2D eigenvalue weighted by atomic mass is 10.1. The lowest BCUT2D eigenvalue weighted by molar-refractivity contribution is 0.629. The summed E-state index contributed by atoms with van der Waals surface area (Å²) in [6.07, 6.45) is 3.58. The van der Waals surface area contributed by atoms with E-state index >= 15 is 0 Å². The Morgan fingerprint density at radius 1 is 1.37 bits per heavy atom. The molecule has 98 valence electrons. The second-order valence-corrected chi connectivity index (χ2v) is 4.50. The van der Waals surface area contributed by atoms with Crippen molar-refractivity contribution in [2.75, 3.05) is 0 Å². The number of hydrogen-bond donors (Lipinski definition) is 0. The van der Waals surface area contributed by atoms with E-state index in [0.29, 0.717) is 15.9 Å². The van der Waals surface area contributed by atoms with E-state index < -0.39 is 0 Å². The zero-order chi connectivity index (χ0) is 14.0. The summed E-state index contributed by atoms with van der Waals surface area (Å²) in [5, 5.41) is 1.14.